The lowest BCUT2D eigenvalue weighted by atomic mass is 9.99. The molecular formula is C30H34N6O2. The second-order valence-electron chi connectivity index (χ2n) is 10.1. The molecule has 5 rings (SSSR count). The first-order chi connectivity index (χ1) is 18.4. The van der Waals surface area contributed by atoms with Crippen LogP contribution in [0.4, 0.5) is 22.0 Å². The van der Waals surface area contributed by atoms with Gasteiger partial charge in [0.15, 0.2) is 0 Å². The van der Waals surface area contributed by atoms with E-state index in [9.17, 15) is 9.59 Å². The number of piperidine rings is 1. The number of rotatable bonds is 6. The van der Waals surface area contributed by atoms with Gasteiger partial charge in [-0.25, -0.2) is 9.78 Å². The van der Waals surface area contributed by atoms with E-state index in [1.54, 1.807) is 24.0 Å². The Morgan fingerprint density at radius 1 is 1.00 bits per heavy atom. The maximum Gasteiger partial charge on any atom is 0.325 e. The standard InChI is InChI=1S/C30H34N6O2/c1-21-11-15-35(16-12-21)20-22-4-6-23(7-5-22)29(37)33-28-19-26(10-14-32-28)34(3)25-8-9-27-24(18-25)13-17-36(27)30(38)31-2/h4-10,13-14,17-19,21H,11-12,15-16,20H2,1-3H3,(H,31,38)(H,32,33,37). The number of carbonyl (C=O) groups is 2. The molecule has 0 aliphatic carbocycles. The van der Waals surface area contributed by atoms with Crippen molar-refractivity contribution in [1.82, 2.24) is 19.8 Å². The van der Waals surface area contributed by atoms with Crippen molar-refractivity contribution in [2.75, 3.05) is 37.4 Å². The summed E-state index contributed by atoms with van der Waals surface area (Å²) in [6.45, 7) is 5.51. The number of likely N-dealkylation sites (tertiary alicyclic amines) is 1. The predicted molar refractivity (Wildman–Crippen MR) is 152 cm³/mol. The minimum absolute atomic E-state index is 0.179. The number of carbonyl (C=O) groups excluding carboxylic acids is 2. The Kier molecular flexibility index (Phi) is 7.42. The van der Waals surface area contributed by atoms with E-state index >= 15 is 0 Å². The third-order valence-electron chi connectivity index (χ3n) is 7.36. The Hall–Kier alpha value is -4.17. The van der Waals surface area contributed by atoms with Crippen LogP contribution in [0.15, 0.2) is 73.1 Å². The van der Waals surface area contributed by atoms with Gasteiger partial charge in [-0.15, -0.1) is 0 Å². The van der Waals surface area contributed by atoms with Crippen LogP contribution in [0.1, 0.15) is 35.7 Å². The Morgan fingerprint density at radius 2 is 1.74 bits per heavy atom. The number of anilines is 3. The van der Waals surface area contributed by atoms with Crippen molar-refractivity contribution in [3.8, 4) is 0 Å². The zero-order valence-electron chi connectivity index (χ0n) is 22.1. The fourth-order valence-electron chi connectivity index (χ4n) is 4.91. The zero-order chi connectivity index (χ0) is 26.6. The SMILES string of the molecule is CNC(=O)n1ccc2cc(N(C)c3ccnc(NC(=O)c4ccc(CN5CCC(C)CC5)cc4)c3)ccc21. The average Bonchev–Trinajstić information content (AvgIpc) is 3.37. The maximum atomic E-state index is 12.9. The highest BCUT2D eigenvalue weighted by Crippen LogP contribution is 2.29. The second kappa shape index (κ2) is 11.1. The summed E-state index contributed by atoms with van der Waals surface area (Å²) in [5, 5.41) is 6.53. The summed E-state index contributed by atoms with van der Waals surface area (Å²) in [6, 6.07) is 19.2. The summed E-state index contributed by atoms with van der Waals surface area (Å²) in [5.41, 5.74) is 4.50. The van der Waals surface area contributed by atoms with Gasteiger partial charge in [0.1, 0.15) is 5.82 Å². The lowest BCUT2D eigenvalue weighted by Gasteiger charge is -2.30. The first-order valence-corrected chi connectivity index (χ1v) is 13.1. The molecule has 1 saturated heterocycles. The van der Waals surface area contributed by atoms with Gasteiger partial charge in [-0.05, 0) is 79.9 Å². The smallest absolute Gasteiger partial charge is 0.325 e. The van der Waals surface area contributed by atoms with Gasteiger partial charge in [0.2, 0.25) is 0 Å². The second-order valence-corrected chi connectivity index (χ2v) is 10.1. The number of hydrogen-bond acceptors (Lipinski definition) is 5. The Morgan fingerprint density at radius 3 is 2.47 bits per heavy atom. The molecule has 4 aromatic rings. The van der Waals surface area contributed by atoms with Gasteiger partial charge in [0.25, 0.3) is 5.91 Å². The van der Waals surface area contributed by atoms with Crippen molar-refractivity contribution in [1.29, 1.82) is 0 Å². The summed E-state index contributed by atoms with van der Waals surface area (Å²) in [6.07, 6.45) is 5.95. The van der Waals surface area contributed by atoms with Crippen molar-refractivity contribution in [2.45, 2.75) is 26.3 Å². The summed E-state index contributed by atoms with van der Waals surface area (Å²) in [5.74, 6) is 1.11. The minimum Gasteiger partial charge on any atom is -0.344 e. The number of aromatic nitrogens is 2. The minimum atomic E-state index is -0.187. The molecule has 2 aromatic heterocycles. The average molecular weight is 511 g/mol. The predicted octanol–water partition coefficient (Wildman–Crippen LogP) is 5.48. The molecule has 0 radical (unpaired) electrons. The van der Waals surface area contributed by atoms with Crippen molar-refractivity contribution >= 4 is 40.0 Å². The number of hydrogen-bond donors (Lipinski definition) is 2. The van der Waals surface area contributed by atoms with Crippen LogP contribution >= 0.6 is 0 Å². The van der Waals surface area contributed by atoms with Gasteiger partial charge in [-0.2, -0.15) is 0 Å². The Bertz CT molecular complexity index is 1440. The number of fused-ring (bicyclic) bond motifs is 1. The van der Waals surface area contributed by atoms with Crippen LogP contribution in [-0.2, 0) is 6.54 Å². The molecular weight excluding hydrogens is 476 g/mol. The van der Waals surface area contributed by atoms with E-state index in [1.165, 1.54) is 18.4 Å². The van der Waals surface area contributed by atoms with Gasteiger partial charge in [0, 0.05) is 61.4 Å². The van der Waals surface area contributed by atoms with E-state index in [1.807, 2.05) is 72.6 Å². The largest absolute Gasteiger partial charge is 0.344 e. The molecule has 2 aromatic carbocycles. The Balaban J connectivity index is 1.25. The van der Waals surface area contributed by atoms with Crippen LogP contribution in [0.5, 0.6) is 0 Å². The summed E-state index contributed by atoms with van der Waals surface area (Å²) < 4.78 is 1.58. The zero-order valence-corrected chi connectivity index (χ0v) is 22.1. The van der Waals surface area contributed by atoms with E-state index in [0.29, 0.717) is 11.4 Å². The first kappa shape index (κ1) is 25.5. The molecule has 0 spiro atoms. The van der Waals surface area contributed by atoms with Crippen LogP contribution in [0.3, 0.4) is 0 Å². The molecule has 0 atom stereocenters. The number of nitrogens with zero attached hydrogens (tertiary/aromatic N) is 4. The lowest BCUT2D eigenvalue weighted by Crippen LogP contribution is -2.32. The molecule has 3 heterocycles. The van der Waals surface area contributed by atoms with Crippen LogP contribution < -0.4 is 15.5 Å². The highest BCUT2D eigenvalue weighted by atomic mass is 16.2. The fraction of sp³-hybridized carbons (Fsp3) is 0.300. The van der Waals surface area contributed by atoms with Crippen molar-refractivity contribution in [3.05, 3.63) is 84.2 Å². The quantitative estimate of drug-likeness (QED) is 0.359. The third-order valence-corrected chi connectivity index (χ3v) is 7.36. The molecule has 1 fully saturated rings. The van der Waals surface area contributed by atoms with E-state index in [2.05, 4.69) is 27.4 Å². The molecule has 2 N–H and O–H groups in total. The molecule has 0 bridgehead atoms. The molecule has 0 saturated carbocycles. The molecule has 2 amide bonds. The fourth-order valence-corrected chi connectivity index (χ4v) is 4.91. The van der Waals surface area contributed by atoms with E-state index < -0.39 is 0 Å². The van der Waals surface area contributed by atoms with Crippen molar-refractivity contribution < 1.29 is 9.59 Å². The van der Waals surface area contributed by atoms with Crippen molar-refractivity contribution in [2.24, 2.45) is 5.92 Å². The van der Waals surface area contributed by atoms with E-state index in [4.69, 9.17) is 0 Å². The summed E-state index contributed by atoms with van der Waals surface area (Å²) in [7, 11) is 3.57. The van der Waals surface area contributed by atoms with Gasteiger partial charge in [-0.1, -0.05) is 19.1 Å². The van der Waals surface area contributed by atoms with E-state index in [-0.39, 0.29) is 11.9 Å². The molecule has 1 aliphatic heterocycles. The number of amides is 2. The normalized spacial score (nSPS) is 14.4. The highest BCUT2D eigenvalue weighted by Gasteiger charge is 2.16. The van der Waals surface area contributed by atoms with Gasteiger partial charge >= 0.3 is 6.03 Å². The first-order valence-electron chi connectivity index (χ1n) is 13.1. The van der Waals surface area contributed by atoms with Crippen LogP contribution in [0, 0.1) is 5.92 Å². The number of benzene rings is 2. The lowest BCUT2D eigenvalue weighted by molar-refractivity contribution is 0.102. The van der Waals surface area contributed by atoms with Gasteiger partial charge < -0.3 is 15.5 Å². The highest BCUT2D eigenvalue weighted by molar-refractivity contribution is 6.04. The maximum absolute atomic E-state index is 12.9. The van der Waals surface area contributed by atoms with Gasteiger partial charge in [0.05, 0.1) is 5.52 Å². The summed E-state index contributed by atoms with van der Waals surface area (Å²) >= 11 is 0. The van der Waals surface area contributed by atoms with Crippen LogP contribution in [0.25, 0.3) is 10.9 Å². The monoisotopic (exact) mass is 510 g/mol. The topological polar surface area (TPSA) is 82.5 Å². The molecule has 0 unspecified atom stereocenters. The van der Waals surface area contributed by atoms with E-state index in [0.717, 1.165) is 47.8 Å². The van der Waals surface area contributed by atoms with Gasteiger partial charge in [-0.3, -0.25) is 14.3 Å². The van der Waals surface area contributed by atoms with Crippen molar-refractivity contribution in [3.63, 3.8) is 0 Å². The number of pyridine rings is 1. The summed E-state index contributed by atoms with van der Waals surface area (Å²) in [4.78, 5) is 33.8. The molecule has 1 aliphatic rings. The molecule has 38 heavy (non-hydrogen) atoms. The molecule has 8 heteroatoms. The Labute approximate surface area is 223 Å². The third kappa shape index (κ3) is 5.55. The molecule has 196 valence electrons. The van der Waals surface area contributed by atoms with Crippen LogP contribution in [0.2, 0.25) is 0 Å². The van der Waals surface area contributed by atoms with Crippen LogP contribution in [-0.4, -0.2) is 53.6 Å². The molecule has 8 nitrogen and oxygen atoms in total. The number of nitrogens with one attached hydrogen (secondary N) is 2.